The zero-order valence-corrected chi connectivity index (χ0v) is 17.7. The zero-order valence-electron chi connectivity index (χ0n) is 17.7. The molecule has 29 heavy (non-hydrogen) atoms. The number of nitrogens with one attached hydrogen (secondary N) is 1. The molecule has 1 fully saturated rings. The van der Waals surface area contributed by atoms with Crippen molar-refractivity contribution in [3.63, 3.8) is 0 Å². The summed E-state index contributed by atoms with van der Waals surface area (Å²) in [4.78, 5) is 24.4. The number of carbonyl (C=O) groups excluding carboxylic acids is 1. The van der Waals surface area contributed by atoms with E-state index in [0.717, 1.165) is 25.0 Å². The minimum Gasteiger partial charge on any atom is -0.412 e. The molecule has 0 unspecified atom stereocenters. The first-order valence-electron chi connectivity index (χ1n) is 10.7. The van der Waals surface area contributed by atoms with Crippen molar-refractivity contribution in [2.45, 2.75) is 84.1 Å². The first kappa shape index (κ1) is 22.9. The van der Waals surface area contributed by atoms with E-state index in [2.05, 4.69) is 26.3 Å². The van der Waals surface area contributed by atoms with Gasteiger partial charge in [0.25, 0.3) is 0 Å². The molecule has 3 N–H and O–H groups in total. The summed E-state index contributed by atoms with van der Waals surface area (Å²) in [5.41, 5.74) is 3.79. The van der Waals surface area contributed by atoms with E-state index in [-0.39, 0.29) is 11.3 Å². The van der Waals surface area contributed by atoms with Gasteiger partial charge < -0.3 is 10.8 Å². The van der Waals surface area contributed by atoms with Crippen LogP contribution in [0.25, 0.3) is 0 Å². The molecule has 2 aromatic heterocycles. The van der Waals surface area contributed by atoms with E-state index < -0.39 is 0 Å². The van der Waals surface area contributed by atoms with Gasteiger partial charge in [0.1, 0.15) is 0 Å². The number of nitrogens with zero attached hydrogens (tertiary/aromatic N) is 3. The molecule has 1 saturated carbocycles. The molecule has 6 nitrogen and oxygen atoms in total. The smallest absolute Gasteiger partial charge is 0.223 e. The number of pyridine rings is 1. The van der Waals surface area contributed by atoms with Crippen LogP contribution in [0.3, 0.4) is 0 Å². The Labute approximate surface area is 173 Å². The van der Waals surface area contributed by atoms with Gasteiger partial charge >= 0.3 is 0 Å². The van der Waals surface area contributed by atoms with E-state index in [1.807, 2.05) is 19.2 Å². The van der Waals surface area contributed by atoms with Gasteiger partial charge in [0.05, 0.1) is 11.3 Å². The molecule has 0 aliphatic heterocycles. The molecule has 2 heterocycles. The average molecular weight is 399 g/mol. The lowest BCUT2D eigenvalue weighted by molar-refractivity contribution is 0.101. The van der Waals surface area contributed by atoms with Crippen molar-refractivity contribution in [1.29, 1.82) is 0 Å². The Kier molecular flexibility index (Phi) is 9.19. The van der Waals surface area contributed by atoms with Crippen LogP contribution in [0.2, 0.25) is 0 Å². The van der Waals surface area contributed by atoms with Crippen LogP contribution in [0.5, 0.6) is 0 Å². The summed E-state index contributed by atoms with van der Waals surface area (Å²) in [6, 6.07) is 4.41. The summed E-state index contributed by atoms with van der Waals surface area (Å²) in [5.74, 6) is 0.589. The maximum absolute atomic E-state index is 11.4. The highest BCUT2D eigenvalue weighted by Crippen LogP contribution is 2.21. The number of anilines is 1. The fourth-order valence-corrected chi connectivity index (χ4v) is 3.99. The summed E-state index contributed by atoms with van der Waals surface area (Å²) in [5, 5.41) is 3.37. The molecule has 2 aromatic rings. The normalized spacial score (nSPS) is 18.2. The Balaban J connectivity index is 0.000000319. The van der Waals surface area contributed by atoms with Gasteiger partial charge in [-0.1, -0.05) is 51.0 Å². The molecule has 2 aliphatic rings. The maximum Gasteiger partial charge on any atom is 0.223 e. The van der Waals surface area contributed by atoms with E-state index >= 15 is 0 Å². The number of hydrogen-bond donors (Lipinski definition) is 1. The van der Waals surface area contributed by atoms with E-state index in [9.17, 15) is 4.79 Å². The Bertz CT molecular complexity index is 775. The molecule has 4 rings (SSSR count). The van der Waals surface area contributed by atoms with Crippen LogP contribution >= 0.6 is 0 Å². The van der Waals surface area contributed by atoms with Gasteiger partial charge in [-0.3, -0.25) is 9.78 Å². The lowest BCUT2D eigenvalue weighted by Gasteiger charge is -2.24. The maximum atomic E-state index is 11.4. The van der Waals surface area contributed by atoms with Crippen molar-refractivity contribution in [2.75, 3.05) is 5.32 Å². The predicted molar refractivity (Wildman–Crippen MR) is 116 cm³/mol. The fourth-order valence-electron chi connectivity index (χ4n) is 3.99. The third-order valence-electron chi connectivity index (χ3n) is 5.62. The molecule has 0 aromatic carbocycles. The van der Waals surface area contributed by atoms with Crippen molar-refractivity contribution in [2.24, 2.45) is 0 Å². The van der Waals surface area contributed by atoms with Crippen LogP contribution in [0.1, 0.15) is 85.6 Å². The highest BCUT2D eigenvalue weighted by Gasteiger charge is 2.20. The Morgan fingerprint density at radius 1 is 1.07 bits per heavy atom. The highest BCUT2D eigenvalue weighted by molar-refractivity contribution is 5.94. The van der Waals surface area contributed by atoms with Gasteiger partial charge in [0, 0.05) is 24.1 Å². The molecule has 0 radical (unpaired) electrons. The van der Waals surface area contributed by atoms with Gasteiger partial charge in [-0.15, -0.1) is 0 Å². The molecular weight excluding hydrogens is 364 g/mol. The number of rotatable bonds is 3. The minimum absolute atomic E-state index is 0. The Morgan fingerprint density at radius 2 is 1.72 bits per heavy atom. The molecule has 1 atom stereocenters. The second kappa shape index (κ2) is 11.6. The molecule has 158 valence electrons. The number of fused-ring (bicyclic) bond motifs is 1. The van der Waals surface area contributed by atoms with Crippen molar-refractivity contribution < 1.29 is 10.3 Å². The minimum atomic E-state index is -0.00304. The molecule has 2 aliphatic carbocycles. The van der Waals surface area contributed by atoms with Crippen molar-refractivity contribution >= 4 is 11.7 Å². The zero-order chi connectivity index (χ0) is 19.8. The fraction of sp³-hybridized carbons (Fsp3) is 0.565. The summed E-state index contributed by atoms with van der Waals surface area (Å²) in [6.07, 6.45) is 16.9. The number of hydrogen-bond acceptors (Lipinski definition) is 5. The largest absolute Gasteiger partial charge is 0.412 e. The second-order valence-electron chi connectivity index (χ2n) is 7.92. The molecule has 6 heteroatoms. The quantitative estimate of drug-likeness (QED) is 0.615. The van der Waals surface area contributed by atoms with E-state index in [1.165, 1.54) is 63.1 Å². The second-order valence-corrected chi connectivity index (χ2v) is 7.92. The summed E-state index contributed by atoms with van der Waals surface area (Å²) < 4.78 is 0. The van der Waals surface area contributed by atoms with Gasteiger partial charge in [0.15, 0.2) is 5.78 Å². The summed E-state index contributed by atoms with van der Waals surface area (Å²) in [6.45, 7) is 3.37. The average Bonchev–Trinajstić information content (AvgIpc) is 3.01. The highest BCUT2D eigenvalue weighted by atomic mass is 16.1. The number of ketones is 1. The molecule has 0 amide bonds. The van der Waals surface area contributed by atoms with Crippen LogP contribution in [0, 0.1) is 6.92 Å². The molecule has 0 bridgehead atoms. The molecule has 0 spiro atoms. The number of aryl methyl sites for hydroxylation is 2. The molecule has 0 saturated heterocycles. The van der Waals surface area contributed by atoms with E-state index in [0.29, 0.717) is 17.6 Å². The Hall–Kier alpha value is -2.34. The van der Waals surface area contributed by atoms with Crippen LogP contribution in [0.15, 0.2) is 24.5 Å². The number of Topliss-reactive ketones (excluding diaryl/α,β-unsaturated/α-hetero) is 1. The van der Waals surface area contributed by atoms with E-state index in [1.54, 1.807) is 6.20 Å². The lowest BCUT2D eigenvalue weighted by Crippen LogP contribution is -2.28. The van der Waals surface area contributed by atoms with Gasteiger partial charge in [-0.05, 0) is 44.7 Å². The van der Waals surface area contributed by atoms with Gasteiger partial charge in [0.2, 0.25) is 5.95 Å². The van der Waals surface area contributed by atoms with Crippen LogP contribution in [-0.2, 0) is 12.8 Å². The van der Waals surface area contributed by atoms with Crippen LogP contribution in [0.4, 0.5) is 5.95 Å². The summed E-state index contributed by atoms with van der Waals surface area (Å²) >= 11 is 0. The third kappa shape index (κ3) is 6.89. The van der Waals surface area contributed by atoms with E-state index in [4.69, 9.17) is 0 Å². The lowest BCUT2D eigenvalue weighted by atomic mass is 9.92. The SMILES string of the molecule is C1CCCCCC1.CC(=O)c1cnc(N[C@@H]2CCc3ncccc3C2)nc1C.O. The summed E-state index contributed by atoms with van der Waals surface area (Å²) in [7, 11) is 0. The molecular formula is C23H34N4O2. The van der Waals surface area contributed by atoms with Gasteiger partial charge in [-0.2, -0.15) is 0 Å². The van der Waals surface area contributed by atoms with Crippen LogP contribution < -0.4 is 5.32 Å². The van der Waals surface area contributed by atoms with Gasteiger partial charge in [-0.25, -0.2) is 9.97 Å². The number of aromatic nitrogens is 3. The Morgan fingerprint density at radius 3 is 2.31 bits per heavy atom. The third-order valence-corrected chi connectivity index (χ3v) is 5.62. The first-order valence-corrected chi connectivity index (χ1v) is 10.7. The predicted octanol–water partition coefficient (Wildman–Crippen LogP) is 4.26. The topological polar surface area (TPSA) is 99.3 Å². The van der Waals surface area contributed by atoms with Crippen LogP contribution in [-0.4, -0.2) is 32.3 Å². The van der Waals surface area contributed by atoms with Crippen molar-refractivity contribution in [1.82, 2.24) is 15.0 Å². The number of carbonyl (C=O) groups is 1. The first-order chi connectivity index (χ1) is 13.6. The van der Waals surface area contributed by atoms with Crippen molar-refractivity contribution in [3.05, 3.63) is 47.0 Å². The monoisotopic (exact) mass is 398 g/mol. The van der Waals surface area contributed by atoms with Crippen molar-refractivity contribution in [3.8, 4) is 0 Å². The standard InChI is InChI=1S/C16H18N4O.C7H14.H2O/c1-10-14(11(2)21)9-18-16(19-10)20-13-5-6-15-12(8-13)4-3-7-17-15;1-2-4-6-7-5-3-1;/h3-4,7,9,13H,5-6,8H2,1-2H3,(H,18,19,20);1-7H2;1H2/t13-;;/m1../s1.